The van der Waals surface area contributed by atoms with Gasteiger partial charge in [0.15, 0.2) is 0 Å². The minimum absolute atomic E-state index is 0.0477. The summed E-state index contributed by atoms with van der Waals surface area (Å²) in [5, 5.41) is 58.1. The molecule has 0 radical (unpaired) electrons. The van der Waals surface area contributed by atoms with Crippen LogP contribution < -0.4 is 21.3 Å². The van der Waals surface area contributed by atoms with Crippen LogP contribution in [0.5, 0.6) is 0 Å². The Morgan fingerprint density at radius 1 is 0.765 bits per heavy atom. The quantitative estimate of drug-likeness (QED) is 0.0824. The molecule has 0 unspecified atom stereocenters. The summed E-state index contributed by atoms with van der Waals surface area (Å²) >= 11 is 0. The van der Waals surface area contributed by atoms with Gasteiger partial charge in [0.2, 0.25) is 17.7 Å². The Morgan fingerprint density at radius 3 is 2.03 bits per heavy atom. The van der Waals surface area contributed by atoms with Crippen LogP contribution in [0.15, 0.2) is 0 Å². The number of rotatable bonds is 20. The average Bonchev–Trinajstić information content (AvgIpc) is 2.83. The predicted molar refractivity (Wildman–Crippen MR) is 126 cm³/mol. The van der Waals surface area contributed by atoms with E-state index in [0.717, 1.165) is 25.7 Å². The van der Waals surface area contributed by atoms with E-state index < -0.39 is 43.0 Å². The molecule has 12 nitrogen and oxygen atoms in total. The topological polar surface area (TPSA) is 200 Å². The van der Waals surface area contributed by atoms with Crippen molar-refractivity contribution >= 4 is 17.7 Å². The van der Waals surface area contributed by atoms with Gasteiger partial charge in [-0.25, -0.2) is 0 Å². The summed E-state index contributed by atoms with van der Waals surface area (Å²) in [6, 6.07) is -0.648. The fourth-order valence-electron chi connectivity index (χ4n) is 3.13. The molecule has 200 valence electrons. The van der Waals surface area contributed by atoms with Crippen molar-refractivity contribution in [2.24, 2.45) is 0 Å². The van der Waals surface area contributed by atoms with Crippen LogP contribution in [0.2, 0.25) is 0 Å². The van der Waals surface area contributed by atoms with Gasteiger partial charge in [-0.05, 0) is 19.4 Å². The molecular formula is C22H44N4O8. The molecule has 5 atom stereocenters. The summed E-state index contributed by atoms with van der Waals surface area (Å²) in [5.74, 6) is -0.947. The van der Waals surface area contributed by atoms with Gasteiger partial charge in [-0.3, -0.25) is 14.4 Å². The van der Waals surface area contributed by atoms with Gasteiger partial charge in [0, 0.05) is 32.5 Å². The maximum Gasteiger partial charge on any atom is 0.237 e. The van der Waals surface area contributed by atoms with Crippen LogP contribution >= 0.6 is 0 Å². The van der Waals surface area contributed by atoms with E-state index in [0.29, 0.717) is 13.1 Å². The first-order valence-electron chi connectivity index (χ1n) is 12.0. The van der Waals surface area contributed by atoms with Gasteiger partial charge < -0.3 is 46.8 Å². The zero-order valence-electron chi connectivity index (χ0n) is 20.3. The number of carbonyl (C=O) groups is 3. The Labute approximate surface area is 201 Å². The highest BCUT2D eigenvalue weighted by Crippen LogP contribution is 2.05. The molecule has 0 heterocycles. The maximum atomic E-state index is 12.4. The number of carbonyl (C=O) groups excluding carboxylic acids is 3. The molecule has 0 spiro atoms. The Bertz CT molecular complexity index is 581. The summed E-state index contributed by atoms with van der Waals surface area (Å²) in [6.45, 7) is 4.04. The molecule has 0 aliphatic heterocycles. The summed E-state index contributed by atoms with van der Waals surface area (Å²) in [6.07, 6.45) is -2.20. The second-order valence-electron chi connectivity index (χ2n) is 8.20. The van der Waals surface area contributed by atoms with Crippen LogP contribution in [0.4, 0.5) is 0 Å². The average molecular weight is 493 g/mol. The SMILES string of the molecule is CCCCCCNC(=O)CCNC(=O)[C@H](CCC(=O)NC[C@H](O)[C@@H](O)[C@H](O)[C@H](O)CO)NCC. The van der Waals surface area contributed by atoms with Crippen LogP contribution in [-0.2, 0) is 14.4 Å². The van der Waals surface area contributed by atoms with Gasteiger partial charge in [0.05, 0.1) is 18.8 Å². The van der Waals surface area contributed by atoms with E-state index >= 15 is 0 Å². The molecule has 0 aromatic heterocycles. The van der Waals surface area contributed by atoms with Crippen LogP contribution in [0.3, 0.4) is 0 Å². The van der Waals surface area contributed by atoms with Crippen molar-refractivity contribution in [1.29, 1.82) is 0 Å². The number of aliphatic hydroxyl groups excluding tert-OH is 5. The third-order valence-electron chi connectivity index (χ3n) is 5.26. The number of hydrogen-bond acceptors (Lipinski definition) is 9. The van der Waals surface area contributed by atoms with Crippen LogP contribution in [0.1, 0.15) is 58.8 Å². The molecule has 0 aliphatic rings. The van der Waals surface area contributed by atoms with Crippen molar-refractivity contribution in [2.75, 3.05) is 32.8 Å². The highest BCUT2D eigenvalue weighted by molar-refractivity contribution is 5.84. The molecule has 0 rings (SSSR count). The van der Waals surface area contributed by atoms with Crippen molar-refractivity contribution < 1.29 is 39.9 Å². The van der Waals surface area contributed by atoms with E-state index in [2.05, 4.69) is 28.2 Å². The molecule has 0 bridgehead atoms. The fourth-order valence-corrected chi connectivity index (χ4v) is 3.13. The third-order valence-corrected chi connectivity index (χ3v) is 5.26. The van der Waals surface area contributed by atoms with Crippen molar-refractivity contribution in [3.8, 4) is 0 Å². The maximum absolute atomic E-state index is 12.4. The molecule has 0 aromatic rings. The van der Waals surface area contributed by atoms with Crippen molar-refractivity contribution in [3.63, 3.8) is 0 Å². The number of hydrogen-bond donors (Lipinski definition) is 9. The Hall–Kier alpha value is -1.83. The lowest BCUT2D eigenvalue weighted by molar-refractivity contribution is -0.126. The molecule has 34 heavy (non-hydrogen) atoms. The lowest BCUT2D eigenvalue weighted by atomic mass is 10.0. The van der Waals surface area contributed by atoms with Gasteiger partial charge in [-0.2, -0.15) is 0 Å². The molecular weight excluding hydrogens is 448 g/mol. The van der Waals surface area contributed by atoms with E-state index in [1.807, 2.05) is 6.92 Å². The third kappa shape index (κ3) is 14.4. The Balaban J connectivity index is 4.29. The largest absolute Gasteiger partial charge is 0.394 e. The van der Waals surface area contributed by atoms with E-state index in [9.17, 15) is 34.8 Å². The highest BCUT2D eigenvalue weighted by Gasteiger charge is 2.30. The summed E-state index contributed by atoms with van der Waals surface area (Å²) < 4.78 is 0. The minimum atomic E-state index is -1.78. The van der Waals surface area contributed by atoms with E-state index in [4.69, 9.17) is 5.11 Å². The standard InChI is InChI=1S/C22H44N4O8/c1-3-5-6-7-11-24-19(31)10-12-25-22(34)15(23-4-2)8-9-18(30)26-13-16(28)20(32)21(33)17(29)14-27/h15-17,20-21,23,27-29,32-33H,3-14H2,1-2H3,(H,24,31)(H,25,34)(H,26,30)/t15-,16-,17+,20+,21+/m0/s1. The molecule has 0 saturated carbocycles. The second-order valence-corrected chi connectivity index (χ2v) is 8.20. The summed E-state index contributed by atoms with van der Waals surface area (Å²) in [7, 11) is 0. The summed E-state index contributed by atoms with van der Waals surface area (Å²) in [5.41, 5.74) is 0. The zero-order valence-corrected chi connectivity index (χ0v) is 20.3. The van der Waals surface area contributed by atoms with E-state index in [-0.39, 0.29) is 44.2 Å². The van der Waals surface area contributed by atoms with Gasteiger partial charge in [-0.1, -0.05) is 33.1 Å². The van der Waals surface area contributed by atoms with Crippen molar-refractivity contribution in [2.45, 2.75) is 89.3 Å². The number of aliphatic hydroxyl groups is 5. The van der Waals surface area contributed by atoms with E-state index in [1.54, 1.807) is 0 Å². The fraction of sp³-hybridized carbons (Fsp3) is 0.864. The Morgan fingerprint density at radius 2 is 1.41 bits per heavy atom. The highest BCUT2D eigenvalue weighted by atomic mass is 16.4. The number of nitrogens with one attached hydrogen (secondary N) is 4. The smallest absolute Gasteiger partial charge is 0.237 e. The normalized spacial score (nSPS) is 15.6. The molecule has 0 fully saturated rings. The van der Waals surface area contributed by atoms with Crippen LogP contribution in [0.25, 0.3) is 0 Å². The monoisotopic (exact) mass is 492 g/mol. The van der Waals surface area contributed by atoms with Crippen molar-refractivity contribution in [3.05, 3.63) is 0 Å². The van der Waals surface area contributed by atoms with Crippen LogP contribution in [-0.4, -0.2) is 106 Å². The summed E-state index contributed by atoms with van der Waals surface area (Å²) in [4.78, 5) is 36.3. The Kier molecular flexibility index (Phi) is 18.4. The van der Waals surface area contributed by atoms with Crippen molar-refractivity contribution in [1.82, 2.24) is 21.3 Å². The molecule has 0 aromatic carbocycles. The lowest BCUT2D eigenvalue weighted by Gasteiger charge is -2.25. The first-order valence-corrected chi connectivity index (χ1v) is 12.0. The van der Waals surface area contributed by atoms with Crippen LogP contribution in [0, 0.1) is 0 Å². The number of unbranched alkanes of at least 4 members (excludes halogenated alkanes) is 3. The lowest BCUT2D eigenvalue weighted by Crippen LogP contribution is -2.50. The predicted octanol–water partition coefficient (Wildman–Crippen LogP) is -2.50. The minimum Gasteiger partial charge on any atom is -0.394 e. The van der Waals surface area contributed by atoms with Gasteiger partial charge in [-0.15, -0.1) is 0 Å². The van der Waals surface area contributed by atoms with Gasteiger partial charge >= 0.3 is 0 Å². The second kappa shape index (κ2) is 19.5. The molecule has 9 N–H and O–H groups in total. The molecule has 0 saturated heterocycles. The first kappa shape index (κ1) is 32.2. The molecule has 3 amide bonds. The van der Waals surface area contributed by atoms with Gasteiger partial charge in [0.1, 0.15) is 18.3 Å². The molecule has 12 heteroatoms. The van der Waals surface area contributed by atoms with Gasteiger partial charge in [0.25, 0.3) is 0 Å². The first-order chi connectivity index (χ1) is 16.2. The number of likely N-dealkylation sites (N-methyl/N-ethyl adjacent to an activating group) is 1. The molecule has 0 aliphatic carbocycles. The zero-order chi connectivity index (χ0) is 25.9. The number of amides is 3. The van der Waals surface area contributed by atoms with E-state index in [1.165, 1.54) is 0 Å².